The van der Waals surface area contributed by atoms with Gasteiger partial charge >= 0.3 is 0 Å². The van der Waals surface area contributed by atoms with Crippen LogP contribution in [0.1, 0.15) is 31.0 Å². The van der Waals surface area contributed by atoms with Gasteiger partial charge in [-0.3, -0.25) is 9.78 Å². The fraction of sp³-hybridized carbons (Fsp3) is 0.130. The van der Waals surface area contributed by atoms with E-state index in [1.807, 2.05) is 48.5 Å². The number of rotatable bonds is 4. The number of fused-ring (bicyclic) bond motifs is 3. The second-order valence-corrected chi connectivity index (χ2v) is 6.92. The topological polar surface area (TPSA) is 57.8 Å². The molecule has 0 radical (unpaired) electrons. The van der Waals surface area contributed by atoms with Gasteiger partial charge in [-0.25, -0.2) is 0 Å². The molecule has 0 spiro atoms. The van der Waals surface area contributed by atoms with Gasteiger partial charge in [-0.1, -0.05) is 44.2 Å². The zero-order valence-corrected chi connectivity index (χ0v) is 15.4. The van der Waals surface area contributed by atoms with Crippen LogP contribution in [0, 0.1) is 0 Å². The summed E-state index contributed by atoms with van der Waals surface area (Å²) in [5.41, 5.74) is 4.85. The second kappa shape index (κ2) is 7.08. The summed E-state index contributed by atoms with van der Waals surface area (Å²) in [6, 6.07) is 18.1. The number of anilines is 1. The molecule has 0 bridgehead atoms. The molecule has 4 heteroatoms. The van der Waals surface area contributed by atoms with Gasteiger partial charge in [0.25, 0.3) is 0 Å². The molecule has 1 amide bonds. The molecule has 4 rings (SSSR count). The Bertz CT molecular complexity index is 1140. The quantitative estimate of drug-likeness (QED) is 0.475. The molecule has 0 saturated carbocycles. The lowest BCUT2D eigenvalue weighted by Crippen LogP contribution is -2.07. The minimum atomic E-state index is -0.173. The van der Waals surface area contributed by atoms with Gasteiger partial charge < -0.3 is 10.3 Å². The van der Waals surface area contributed by atoms with E-state index in [0.717, 1.165) is 33.2 Å². The van der Waals surface area contributed by atoms with Crippen LogP contribution in [-0.2, 0) is 4.79 Å². The van der Waals surface area contributed by atoms with Crippen LogP contribution in [0.2, 0.25) is 0 Å². The highest BCUT2D eigenvalue weighted by atomic mass is 16.1. The van der Waals surface area contributed by atoms with Gasteiger partial charge in [0, 0.05) is 28.1 Å². The summed E-state index contributed by atoms with van der Waals surface area (Å²) in [5, 5.41) is 5.13. The van der Waals surface area contributed by atoms with Crippen molar-refractivity contribution in [3.63, 3.8) is 0 Å². The molecule has 0 fully saturated rings. The van der Waals surface area contributed by atoms with Gasteiger partial charge in [0.1, 0.15) is 0 Å². The number of aromatic nitrogens is 2. The predicted octanol–water partition coefficient (Wildman–Crippen LogP) is 5.49. The van der Waals surface area contributed by atoms with Crippen molar-refractivity contribution >= 4 is 39.5 Å². The van der Waals surface area contributed by atoms with E-state index in [9.17, 15) is 4.79 Å². The summed E-state index contributed by atoms with van der Waals surface area (Å²) in [6.07, 6.45) is 5.05. The van der Waals surface area contributed by atoms with Gasteiger partial charge in [0.2, 0.25) is 5.91 Å². The average molecular weight is 355 g/mol. The van der Waals surface area contributed by atoms with Crippen LogP contribution in [0.3, 0.4) is 0 Å². The van der Waals surface area contributed by atoms with Crippen LogP contribution in [0.25, 0.3) is 27.9 Å². The highest BCUT2D eigenvalue weighted by Crippen LogP contribution is 2.25. The van der Waals surface area contributed by atoms with E-state index < -0.39 is 0 Å². The van der Waals surface area contributed by atoms with Crippen LogP contribution in [-0.4, -0.2) is 15.9 Å². The Morgan fingerprint density at radius 3 is 2.59 bits per heavy atom. The fourth-order valence-corrected chi connectivity index (χ4v) is 3.15. The first kappa shape index (κ1) is 17.0. The van der Waals surface area contributed by atoms with Crippen molar-refractivity contribution in [1.29, 1.82) is 0 Å². The SMILES string of the molecule is CC(C)c1ccc(NC(=O)/C=C/c2cc3c(cn2)[nH]c2ccccc23)cc1. The van der Waals surface area contributed by atoms with E-state index in [-0.39, 0.29) is 5.91 Å². The number of carbonyl (C=O) groups excluding carboxylic acids is 1. The summed E-state index contributed by atoms with van der Waals surface area (Å²) in [4.78, 5) is 20.0. The van der Waals surface area contributed by atoms with E-state index in [1.54, 1.807) is 12.3 Å². The smallest absolute Gasteiger partial charge is 0.248 e. The molecule has 2 heterocycles. The molecule has 2 aromatic heterocycles. The third-order valence-corrected chi connectivity index (χ3v) is 4.66. The number of aromatic amines is 1. The van der Waals surface area contributed by atoms with Crippen LogP contribution in [0.15, 0.2) is 66.9 Å². The van der Waals surface area contributed by atoms with E-state index in [1.165, 1.54) is 11.6 Å². The zero-order valence-electron chi connectivity index (χ0n) is 15.4. The van der Waals surface area contributed by atoms with E-state index in [0.29, 0.717) is 5.92 Å². The van der Waals surface area contributed by atoms with E-state index >= 15 is 0 Å². The van der Waals surface area contributed by atoms with Gasteiger partial charge in [-0.15, -0.1) is 0 Å². The van der Waals surface area contributed by atoms with Crippen LogP contribution >= 0.6 is 0 Å². The molecule has 0 saturated heterocycles. The highest BCUT2D eigenvalue weighted by molar-refractivity contribution is 6.07. The molecular weight excluding hydrogens is 334 g/mol. The van der Waals surface area contributed by atoms with Crippen molar-refractivity contribution < 1.29 is 4.79 Å². The first-order valence-electron chi connectivity index (χ1n) is 9.05. The first-order chi connectivity index (χ1) is 13.1. The lowest BCUT2D eigenvalue weighted by Gasteiger charge is -2.07. The molecule has 0 aliphatic carbocycles. The number of carbonyl (C=O) groups is 1. The molecular formula is C23H21N3O. The Morgan fingerprint density at radius 1 is 1.04 bits per heavy atom. The van der Waals surface area contributed by atoms with Gasteiger partial charge in [-0.05, 0) is 41.8 Å². The number of para-hydroxylation sites is 1. The maximum absolute atomic E-state index is 12.2. The maximum Gasteiger partial charge on any atom is 0.248 e. The number of hydrogen-bond acceptors (Lipinski definition) is 2. The molecule has 0 atom stereocenters. The number of benzene rings is 2. The molecule has 0 unspecified atom stereocenters. The number of nitrogens with one attached hydrogen (secondary N) is 2. The third kappa shape index (κ3) is 3.60. The molecule has 134 valence electrons. The lowest BCUT2D eigenvalue weighted by molar-refractivity contribution is -0.111. The molecule has 4 aromatic rings. The summed E-state index contributed by atoms with van der Waals surface area (Å²) in [7, 11) is 0. The molecule has 27 heavy (non-hydrogen) atoms. The van der Waals surface area contributed by atoms with Crippen molar-refractivity contribution in [2.75, 3.05) is 5.32 Å². The Labute approximate surface area is 157 Å². The minimum absolute atomic E-state index is 0.173. The van der Waals surface area contributed by atoms with Crippen molar-refractivity contribution in [1.82, 2.24) is 9.97 Å². The monoisotopic (exact) mass is 355 g/mol. The number of H-pyrrole nitrogens is 1. The van der Waals surface area contributed by atoms with Gasteiger partial charge in [-0.2, -0.15) is 0 Å². The zero-order chi connectivity index (χ0) is 18.8. The third-order valence-electron chi connectivity index (χ3n) is 4.66. The van der Waals surface area contributed by atoms with E-state index in [4.69, 9.17) is 0 Å². The van der Waals surface area contributed by atoms with Gasteiger partial charge in [0.05, 0.1) is 17.4 Å². The van der Waals surface area contributed by atoms with Crippen LogP contribution < -0.4 is 5.32 Å². The lowest BCUT2D eigenvalue weighted by atomic mass is 10.0. The Balaban J connectivity index is 1.51. The predicted molar refractivity (Wildman–Crippen MR) is 112 cm³/mol. The Hall–Kier alpha value is -3.40. The van der Waals surface area contributed by atoms with Crippen molar-refractivity contribution in [2.24, 2.45) is 0 Å². The van der Waals surface area contributed by atoms with Gasteiger partial charge in [0.15, 0.2) is 0 Å². The summed E-state index contributed by atoms with van der Waals surface area (Å²) in [6.45, 7) is 4.29. The van der Waals surface area contributed by atoms with Crippen molar-refractivity contribution in [2.45, 2.75) is 19.8 Å². The van der Waals surface area contributed by atoms with Crippen molar-refractivity contribution in [3.05, 3.63) is 78.1 Å². The number of hydrogen-bond donors (Lipinski definition) is 2. The molecule has 4 nitrogen and oxygen atoms in total. The second-order valence-electron chi connectivity index (χ2n) is 6.92. The van der Waals surface area contributed by atoms with Crippen LogP contribution in [0.5, 0.6) is 0 Å². The molecule has 2 aromatic carbocycles. The number of amides is 1. The first-order valence-corrected chi connectivity index (χ1v) is 9.05. The maximum atomic E-state index is 12.2. The molecule has 2 N–H and O–H groups in total. The number of pyridine rings is 1. The summed E-state index contributed by atoms with van der Waals surface area (Å²) < 4.78 is 0. The number of nitrogens with zero attached hydrogens (tertiary/aromatic N) is 1. The molecule has 0 aliphatic heterocycles. The Morgan fingerprint density at radius 2 is 1.81 bits per heavy atom. The largest absolute Gasteiger partial charge is 0.353 e. The summed E-state index contributed by atoms with van der Waals surface area (Å²) in [5.74, 6) is 0.299. The normalized spacial score (nSPS) is 11.7. The minimum Gasteiger partial charge on any atom is -0.353 e. The summed E-state index contributed by atoms with van der Waals surface area (Å²) >= 11 is 0. The highest BCUT2D eigenvalue weighted by Gasteiger charge is 2.05. The Kier molecular flexibility index (Phi) is 4.47. The fourth-order valence-electron chi connectivity index (χ4n) is 3.15. The van der Waals surface area contributed by atoms with E-state index in [2.05, 4.69) is 35.2 Å². The van der Waals surface area contributed by atoms with Crippen LogP contribution in [0.4, 0.5) is 5.69 Å². The standard InChI is InChI=1S/C23H21N3O/c1-15(2)16-7-9-17(10-8-16)25-23(27)12-11-18-13-20-19-5-3-4-6-21(19)26-22(20)14-24-18/h3-15,26H,1-2H3,(H,25,27)/b12-11+. The molecule has 0 aliphatic rings. The van der Waals surface area contributed by atoms with Crippen molar-refractivity contribution in [3.8, 4) is 0 Å². The average Bonchev–Trinajstić information content (AvgIpc) is 3.05.